The molecule has 0 aliphatic heterocycles. The van der Waals surface area contributed by atoms with Crippen LogP contribution >= 0.6 is 0 Å². The first-order valence-corrected chi connectivity index (χ1v) is 1.95. The molecule has 0 amide bonds. The van der Waals surface area contributed by atoms with Crippen LogP contribution in [-0.2, 0) is 4.46 Å². The van der Waals surface area contributed by atoms with Gasteiger partial charge in [0, 0.05) is 1.43 Å². The van der Waals surface area contributed by atoms with Crippen LogP contribution in [0.25, 0.3) is 0 Å². The van der Waals surface area contributed by atoms with Crippen molar-refractivity contribution in [3.05, 3.63) is 0 Å². The van der Waals surface area contributed by atoms with Crippen LogP contribution < -0.4 is 0 Å². The minimum Gasteiger partial charge on any atom is 0 e. The Labute approximate surface area is 62.0 Å². The molecule has 3 nitrogen and oxygen atoms in total. The largest absolute Gasteiger partial charge is 0 e. The van der Waals surface area contributed by atoms with Gasteiger partial charge in [-0.05, 0) is 0 Å². The third kappa shape index (κ3) is 52.5. The molecule has 0 spiro atoms. The summed E-state index contributed by atoms with van der Waals surface area (Å²) < 4.78 is 8.74. The minimum absolute atomic E-state index is 0. The van der Waals surface area contributed by atoms with Gasteiger partial charge in [-0.25, -0.2) is 0 Å². The average Bonchev–Trinajstić information content (AvgIpc) is 0.811. The fourth-order valence-electron chi connectivity index (χ4n) is 0. The molecule has 0 fully saturated rings. The Morgan fingerprint density at radius 1 is 1.60 bits per heavy atom. The second kappa shape index (κ2) is 4.88. The molecule has 0 saturated carbocycles. The zero-order chi connectivity index (χ0) is 3.58. The van der Waals surface area contributed by atoms with Crippen LogP contribution in [0.3, 0.4) is 0 Å². The summed E-state index contributed by atoms with van der Waals surface area (Å²) in [6.45, 7) is 0. The Morgan fingerprint density at radius 2 is 1.60 bits per heavy atom. The van der Waals surface area contributed by atoms with E-state index < -0.39 is 9.17 Å². The number of rotatable bonds is 0. The fourth-order valence-corrected chi connectivity index (χ4v) is 0. The van der Waals surface area contributed by atoms with Crippen LogP contribution in [0.15, 0.2) is 0 Å². The van der Waals surface area contributed by atoms with Crippen molar-refractivity contribution in [2.45, 2.75) is 0 Å². The summed E-state index contributed by atoms with van der Waals surface area (Å²) in [5.74, 6) is 0. The van der Waals surface area contributed by atoms with Gasteiger partial charge in [0.25, 0.3) is 0 Å². The molecule has 0 aliphatic rings. The van der Waals surface area contributed by atoms with Crippen molar-refractivity contribution in [2.24, 2.45) is 0 Å². The summed E-state index contributed by atoms with van der Waals surface area (Å²) in [4.78, 5) is 14.3. The van der Waals surface area contributed by atoms with Crippen LogP contribution in [0.4, 0.5) is 0 Å². The molecule has 0 rings (SSSR count). The molecule has 0 aliphatic carbocycles. The molecule has 2 N–H and O–H groups in total. The molecule has 0 saturated heterocycles. The van der Waals surface area contributed by atoms with E-state index in [-0.39, 0.29) is 39.2 Å². The molecule has 0 aromatic heterocycles. The maximum Gasteiger partial charge on any atom is 0 e. The van der Waals surface area contributed by atoms with Gasteiger partial charge in [-0.15, -0.1) is 0 Å². The summed E-state index contributed by atoms with van der Waals surface area (Å²) in [5, 5.41) is 0. The van der Waals surface area contributed by atoms with Gasteiger partial charge in [0.1, 0.15) is 0 Å². The Morgan fingerprint density at radius 3 is 1.60 bits per heavy atom. The normalized spacial score (nSPS) is 4.80. The molecule has 0 unspecified atom stereocenters. The van der Waals surface area contributed by atoms with Gasteiger partial charge in [0.15, 0.2) is 0 Å². The maximum atomic E-state index is 8.74. The van der Waals surface area contributed by atoms with E-state index in [1.165, 1.54) is 0 Å². The van der Waals surface area contributed by atoms with E-state index in [1.807, 2.05) is 0 Å². The molecule has 5 heteroatoms. The second-order valence-corrected chi connectivity index (χ2v) is 0.848. The van der Waals surface area contributed by atoms with Crippen LogP contribution in [0, 0.1) is 0 Å². The molecule has 5 heavy (non-hydrogen) atoms. The molecule has 0 heterocycles. The van der Waals surface area contributed by atoms with E-state index in [0.29, 0.717) is 0 Å². The SMILES string of the molecule is O=[Si](O)O.[CaH2].[HH]. The van der Waals surface area contributed by atoms with E-state index in [0.717, 1.165) is 0 Å². The quantitative estimate of drug-likeness (QED) is 0.356. The Balaban J connectivity index is -0.0000000450. The summed E-state index contributed by atoms with van der Waals surface area (Å²) in [5.41, 5.74) is 0. The molecular formula is H6CaO3Si. The Hall–Kier alpha value is 0.877. The van der Waals surface area contributed by atoms with E-state index in [2.05, 4.69) is 0 Å². The first-order valence-electron chi connectivity index (χ1n) is 0.651. The van der Waals surface area contributed by atoms with Crippen molar-refractivity contribution in [2.75, 3.05) is 0 Å². The maximum absolute atomic E-state index is 8.74. The molecule has 0 bridgehead atoms. The van der Waals surface area contributed by atoms with Gasteiger partial charge < -0.3 is 9.59 Å². The number of hydrogen-bond acceptors (Lipinski definition) is 1. The van der Waals surface area contributed by atoms with Gasteiger partial charge in [-0.3, -0.25) is 4.46 Å². The van der Waals surface area contributed by atoms with Crippen LogP contribution in [0.1, 0.15) is 1.43 Å². The zero-order valence-corrected chi connectivity index (χ0v) is 2.80. The van der Waals surface area contributed by atoms with Crippen LogP contribution in [-0.4, -0.2) is 56.5 Å². The summed E-state index contributed by atoms with van der Waals surface area (Å²) >= 11 is 0. The van der Waals surface area contributed by atoms with Crippen molar-refractivity contribution < 1.29 is 15.5 Å². The Bertz CT molecular complexity index is 33.8. The van der Waals surface area contributed by atoms with E-state index in [1.54, 1.807) is 0 Å². The first kappa shape index (κ1) is 9.30. The first-order chi connectivity index (χ1) is 1.73. The van der Waals surface area contributed by atoms with Crippen LogP contribution in [0.5, 0.6) is 0 Å². The molecule has 0 atom stereocenters. The van der Waals surface area contributed by atoms with Crippen molar-refractivity contribution in [1.29, 1.82) is 0 Å². The van der Waals surface area contributed by atoms with Crippen molar-refractivity contribution >= 4 is 46.9 Å². The fraction of sp³-hybridized carbons (Fsp3) is 0. The molecule has 0 aromatic carbocycles. The monoisotopic (exact) mass is 122 g/mol. The van der Waals surface area contributed by atoms with E-state index >= 15 is 0 Å². The summed E-state index contributed by atoms with van der Waals surface area (Å²) in [6, 6.07) is 0. The Kier molecular flexibility index (Phi) is 9.07. The average molecular weight is 122 g/mol. The topological polar surface area (TPSA) is 57.5 Å². The summed E-state index contributed by atoms with van der Waals surface area (Å²) in [6.07, 6.45) is 0. The second-order valence-electron chi connectivity index (χ2n) is 0.283. The smallest absolute Gasteiger partial charge is 0 e. The molecule has 0 aromatic rings. The molecule has 30 valence electrons. The predicted molar refractivity (Wildman–Crippen MR) is 21.5 cm³/mol. The van der Waals surface area contributed by atoms with Crippen molar-refractivity contribution in [3.63, 3.8) is 0 Å². The van der Waals surface area contributed by atoms with E-state index in [9.17, 15) is 0 Å². The third-order valence-electron chi connectivity index (χ3n) is 0. The van der Waals surface area contributed by atoms with Gasteiger partial charge in [0.05, 0.1) is 0 Å². The molecule has 0 radical (unpaired) electrons. The van der Waals surface area contributed by atoms with E-state index in [4.69, 9.17) is 14.1 Å². The zero-order valence-electron chi connectivity index (χ0n) is 1.80. The number of hydrogen-bond donors (Lipinski definition) is 2. The van der Waals surface area contributed by atoms with Gasteiger partial charge >= 0.3 is 46.9 Å². The van der Waals surface area contributed by atoms with Crippen molar-refractivity contribution in [3.8, 4) is 0 Å². The van der Waals surface area contributed by atoms with Crippen molar-refractivity contribution in [1.82, 2.24) is 0 Å². The molecular weight excluding hydrogens is 116 g/mol. The summed E-state index contributed by atoms with van der Waals surface area (Å²) in [7, 11) is -3.13. The van der Waals surface area contributed by atoms with Crippen LogP contribution in [0.2, 0.25) is 0 Å². The van der Waals surface area contributed by atoms with Gasteiger partial charge in [0.2, 0.25) is 0 Å². The third-order valence-corrected chi connectivity index (χ3v) is 0. The predicted octanol–water partition coefficient (Wildman–Crippen LogP) is -2.28. The minimum atomic E-state index is -3.13. The van der Waals surface area contributed by atoms with Gasteiger partial charge in [-0.1, -0.05) is 0 Å². The standard InChI is InChI=1S/Ca.H2O3Si.H2.2H/c;1-4(2)3;;;/h;1-2H;1H;;. The van der Waals surface area contributed by atoms with Gasteiger partial charge in [-0.2, -0.15) is 0 Å².